The maximum Gasteiger partial charge on any atom is 0.309 e. The lowest BCUT2D eigenvalue weighted by molar-refractivity contribution is -0.142. The molecule has 0 aliphatic heterocycles. The summed E-state index contributed by atoms with van der Waals surface area (Å²) in [6.07, 6.45) is 0.834. The number of halogens is 1. The molecule has 2 aromatic heterocycles. The Morgan fingerprint density at radius 1 is 1.06 bits per heavy atom. The van der Waals surface area contributed by atoms with Gasteiger partial charge in [0.15, 0.2) is 0 Å². The molecule has 180 valence electrons. The van der Waals surface area contributed by atoms with Gasteiger partial charge < -0.3 is 4.74 Å². The largest absolute Gasteiger partial charge is 0.469 e. The summed E-state index contributed by atoms with van der Waals surface area (Å²) in [4.78, 5) is 13.3. The van der Waals surface area contributed by atoms with Crippen molar-refractivity contribution in [2.45, 2.75) is 24.2 Å². The third kappa shape index (κ3) is 4.15. The number of fused-ring (bicyclic) bond motifs is 1. The molecule has 1 aliphatic rings. The molecule has 3 nitrogen and oxygen atoms in total. The molecule has 3 aromatic carbocycles. The first-order chi connectivity index (χ1) is 17.5. The molecule has 2 heterocycles. The van der Waals surface area contributed by atoms with Crippen LogP contribution < -0.4 is 0 Å². The molecule has 1 fully saturated rings. The normalized spacial score (nSPS) is 16.9. The molecule has 0 amide bonds. The maximum atomic E-state index is 12.1. The van der Waals surface area contributed by atoms with E-state index in [9.17, 15) is 4.79 Å². The first-order valence-electron chi connectivity index (χ1n) is 11.8. The Balaban J connectivity index is 1.57. The van der Waals surface area contributed by atoms with E-state index in [1.54, 1.807) is 23.3 Å². The Morgan fingerprint density at radius 2 is 1.86 bits per heavy atom. The Hall–Kier alpha value is -2.99. The Labute approximate surface area is 223 Å². The number of hydrogen-bond donors (Lipinski definition) is 0. The lowest BCUT2D eigenvalue weighted by Gasteiger charge is -2.13. The molecule has 0 N–H and O–H groups in total. The van der Waals surface area contributed by atoms with Crippen LogP contribution in [0.15, 0.2) is 89.1 Å². The van der Waals surface area contributed by atoms with Gasteiger partial charge in [-0.25, -0.2) is 0 Å². The summed E-state index contributed by atoms with van der Waals surface area (Å²) < 4.78 is 8.10. The van der Waals surface area contributed by atoms with Crippen molar-refractivity contribution in [3.05, 3.63) is 99.7 Å². The van der Waals surface area contributed by atoms with Crippen LogP contribution in [0.4, 0.5) is 0 Å². The van der Waals surface area contributed by atoms with E-state index in [1.807, 2.05) is 5.38 Å². The number of aromatic nitrogens is 1. The monoisotopic (exact) mass is 529 g/mol. The lowest BCUT2D eigenvalue weighted by atomic mass is 9.98. The molecule has 0 radical (unpaired) electrons. The molecular weight excluding hydrogens is 506 g/mol. The standard InChI is InChI=1S/C30H24ClNO2S2/c1-18-10-12-21(13-11-18)36-32-26-9-4-3-8-22(26)27(23-14-15-35-29(23)31)28(32)20-7-5-6-19(16-20)24-17-25(24)30(33)34-2/h3-16,24-25H,17H2,1-2H3. The van der Waals surface area contributed by atoms with Crippen molar-refractivity contribution in [2.24, 2.45) is 5.92 Å². The van der Waals surface area contributed by atoms with Gasteiger partial charge in [-0.1, -0.05) is 65.7 Å². The van der Waals surface area contributed by atoms with Gasteiger partial charge in [-0.3, -0.25) is 8.77 Å². The van der Waals surface area contributed by atoms with Crippen molar-refractivity contribution in [1.29, 1.82) is 0 Å². The number of ether oxygens (including phenoxy) is 1. The average molecular weight is 530 g/mol. The summed E-state index contributed by atoms with van der Waals surface area (Å²) in [5.74, 6) is 0.0252. The quantitative estimate of drug-likeness (QED) is 0.206. The second-order valence-corrected chi connectivity index (χ2v) is 11.7. The predicted molar refractivity (Wildman–Crippen MR) is 151 cm³/mol. The molecule has 6 rings (SSSR count). The lowest BCUT2D eigenvalue weighted by Crippen LogP contribution is -2.03. The van der Waals surface area contributed by atoms with Gasteiger partial charge in [-0.2, -0.15) is 0 Å². The predicted octanol–water partition coefficient (Wildman–Crippen LogP) is 8.83. The highest BCUT2D eigenvalue weighted by Crippen LogP contribution is 2.51. The fourth-order valence-corrected chi connectivity index (χ4v) is 6.86. The first-order valence-corrected chi connectivity index (χ1v) is 13.9. The number of aryl methyl sites for hydroxylation is 1. The SMILES string of the molecule is COC(=O)C1CC1c1cccc(-c2c(-c3ccsc3Cl)c3ccccc3n2Sc2ccc(C)cc2)c1. The molecule has 36 heavy (non-hydrogen) atoms. The Morgan fingerprint density at radius 3 is 2.61 bits per heavy atom. The Kier molecular flexibility index (Phi) is 6.16. The minimum absolute atomic E-state index is 0.0520. The summed E-state index contributed by atoms with van der Waals surface area (Å²) in [6.45, 7) is 2.10. The van der Waals surface area contributed by atoms with Crippen LogP contribution in [0.3, 0.4) is 0 Å². The van der Waals surface area contributed by atoms with Gasteiger partial charge in [0.05, 0.1) is 24.2 Å². The number of para-hydroxylation sites is 1. The van der Waals surface area contributed by atoms with E-state index in [1.165, 1.54) is 18.2 Å². The van der Waals surface area contributed by atoms with Crippen LogP contribution in [-0.2, 0) is 9.53 Å². The average Bonchev–Trinajstić information content (AvgIpc) is 3.51. The van der Waals surface area contributed by atoms with Crippen molar-refractivity contribution in [1.82, 2.24) is 3.97 Å². The molecule has 2 atom stereocenters. The number of thiophene rings is 1. The molecule has 0 bridgehead atoms. The fourth-order valence-electron chi connectivity index (χ4n) is 4.91. The van der Waals surface area contributed by atoms with Crippen LogP contribution in [-0.4, -0.2) is 17.1 Å². The van der Waals surface area contributed by atoms with Gasteiger partial charge in [0.1, 0.15) is 4.34 Å². The molecule has 1 saturated carbocycles. The number of methoxy groups -OCH3 is 1. The number of carbonyl (C=O) groups is 1. The van der Waals surface area contributed by atoms with Crippen LogP contribution in [0, 0.1) is 12.8 Å². The second kappa shape index (κ2) is 9.47. The van der Waals surface area contributed by atoms with Crippen molar-refractivity contribution in [3.63, 3.8) is 0 Å². The number of hydrogen-bond acceptors (Lipinski definition) is 4. The summed E-state index contributed by atoms with van der Waals surface area (Å²) >= 11 is 10.00. The van der Waals surface area contributed by atoms with Crippen molar-refractivity contribution >= 4 is 51.8 Å². The number of esters is 1. The Bertz CT molecular complexity index is 1580. The molecule has 1 aliphatic carbocycles. The third-order valence-electron chi connectivity index (χ3n) is 6.82. The van der Waals surface area contributed by atoms with Crippen molar-refractivity contribution in [3.8, 4) is 22.4 Å². The van der Waals surface area contributed by atoms with E-state index in [4.69, 9.17) is 16.3 Å². The van der Waals surface area contributed by atoms with Gasteiger partial charge in [0.25, 0.3) is 0 Å². The van der Waals surface area contributed by atoms with E-state index >= 15 is 0 Å². The number of rotatable bonds is 6. The molecule has 0 spiro atoms. The number of benzene rings is 3. The van der Waals surface area contributed by atoms with Crippen molar-refractivity contribution in [2.75, 3.05) is 7.11 Å². The van der Waals surface area contributed by atoms with Gasteiger partial charge in [0, 0.05) is 27.0 Å². The van der Waals surface area contributed by atoms with Crippen LogP contribution in [0.2, 0.25) is 4.34 Å². The van der Waals surface area contributed by atoms with E-state index < -0.39 is 0 Å². The van der Waals surface area contributed by atoms with Gasteiger partial charge >= 0.3 is 5.97 Å². The minimum Gasteiger partial charge on any atom is -0.469 e. The van der Waals surface area contributed by atoms with Crippen LogP contribution in [0.1, 0.15) is 23.5 Å². The highest BCUT2D eigenvalue weighted by atomic mass is 35.5. The van der Waals surface area contributed by atoms with Crippen LogP contribution in [0.5, 0.6) is 0 Å². The van der Waals surface area contributed by atoms with Gasteiger partial charge in [0.2, 0.25) is 0 Å². The molecule has 5 aromatic rings. The topological polar surface area (TPSA) is 31.2 Å². The van der Waals surface area contributed by atoms with Gasteiger partial charge in [-0.05, 0) is 72.5 Å². The molecular formula is C30H24ClNO2S2. The zero-order valence-corrected chi connectivity index (χ0v) is 22.3. The highest BCUT2D eigenvalue weighted by molar-refractivity contribution is 7.98. The summed E-state index contributed by atoms with van der Waals surface area (Å²) in [6, 6.07) is 27.8. The molecule has 6 heteroatoms. The number of nitrogens with zero attached hydrogens (tertiary/aromatic N) is 1. The maximum absolute atomic E-state index is 12.1. The van der Waals surface area contributed by atoms with Crippen LogP contribution >= 0.6 is 34.9 Å². The summed E-state index contributed by atoms with van der Waals surface area (Å²) in [5, 5.41) is 3.21. The molecule has 0 saturated heterocycles. The first kappa shape index (κ1) is 23.4. The third-order valence-corrected chi connectivity index (χ3v) is 9.03. The second-order valence-electron chi connectivity index (χ2n) is 9.14. The van der Waals surface area contributed by atoms with Crippen molar-refractivity contribution < 1.29 is 9.53 Å². The molecule has 2 unspecified atom stereocenters. The zero-order chi connectivity index (χ0) is 24.8. The zero-order valence-electron chi connectivity index (χ0n) is 19.9. The fraction of sp³-hybridized carbons (Fsp3) is 0.167. The van der Waals surface area contributed by atoms with E-state index in [0.29, 0.717) is 0 Å². The minimum atomic E-state index is -0.125. The van der Waals surface area contributed by atoms with Gasteiger partial charge in [-0.15, -0.1) is 11.3 Å². The van der Waals surface area contributed by atoms with E-state index in [2.05, 4.69) is 89.8 Å². The summed E-state index contributed by atoms with van der Waals surface area (Å²) in [5.41, 5.74) is 7.94. The number of carbonyl (C=O) groups excluding carboxylic acids is 1. The highest BCUT2D eigenvalue weighted by Gasteiger charge is 2.45. The van der Waals surface area contributed by atoms with Crippen LogP contribution in [0.25, 0.3) is 33.3 Å². The summed E-state index contributed by atoms with van der Waals surface area (Å²) in [7, 11) is 1.46. The van der Waals surface area contributed by atoms with E-state index in [0.717, 1.165) is 48.9 Å². The smallest absolute Gasteiger partial charge is 0.309 e. The van der Waals surface area contributed by atoms with E-state index in [-0.39, 0.29) is 17.8 Å².